The third-order valence-electron chi connectivity index (χ3n) is 2.84. The molecule has 0 bridgehead atoms. The van der Waals surface area contributed by atoms with Crippen molar-refractivity contribution >= 4 is 23.1 Å². The van der Waals surface area contributed by atoms with Gasteiger partial charge in [0.1, 0.15) is 5.82 Å². The quantitative estimate of drug-likeness (QED) is 0.382. The van der Waals surface area contributed by atoms with Gasteiger partial charge in [0, 0.05) is 5.75 Å². The molecule has 0 saturated carbocycles. The molecule has 0 amide bonds. The molecule has 0 aliphatic rings. The summed E-state index contributed by atoms with van der Waals surface area (Å²) in [5.41, 5.74) is 5.57. The third-order valence-corrected chi connectivity index (χ3v) is 3.70. The predicted molar refractivity (Wildman–Crippen MR) is 88.4 cm³/mol. The monoisotopic (exact) mass is 355 g/mol. The topological polar surface area (TPSA) is 50.7 Å². The van der Waals surface area contributed by atoms with Crippen LogP contribution >= 0.6 is 11.8 Å². The summed E-state index contributed by atoms with van der Waals surface area (Å²) in [5.74, 6) is -0.411. The largest absolute Gasteiger partial charge is 0.416 e. The first-order chi connectivity index (χ1) is 11.3. The van der Waals surface area contributed by atoms with E-state index in [0.29, 0.717) is 11.8 Å². The summed E-state index contributed by atoms with van der Waals surface area (Å²) in [4.78, 5) is 0. The fourth-order valence-corrected chi connectivity index (χ4v) is 2.38. The number of hydrogen-bond acceptors (Lipinski definition) is 3. The van der Waals surface area contributed by atoms with E-state index in [1.807, 2.05) is 30.3 Å². The molecule has 3 nitrogen and oxygen atoms in total. The van der Waals surface area contributed by atoms with Crippen molar-refractivity contribution in [3.63, 3.8) is 0 Å². The minimum absolute atomic E-state index is 0.0491. The average Bonchev–Trinajstić information content (AvgIpc) is 2.52. The molecule has 0 aliphatic heterocycles. The molecular weight excluding hydrogens is 342 g/mol. The lowest BCUT2D eigenvalue weighted by molar-refractivity contribution is -0.137. The first-order valence-electron chi connectivity index (χ1n) is 6.75. The van der Waals surface area contributed by atoms with Crippen molar-refractivity contribution in [3.8, 4) is 0 Å². The van der Waals surface area contributed by atoms with E-state index in [-0.39, 0.29) is 10.7 Å². The van der Waals surface area contributed by atoms with Crippen molar-refractivity contribution in [1.29, 1.82) is 0 Å². The van der Waals surface area contributed by atoms with Gasteiger partial charge in [-0.1, -0.05) is 42.1 Å². The molecule has 0 fully saturated rings. The van der Waals surface area contributed by atoms with Crippen LogP contribution < -0.4 is 5.73 Å². The molecule has 0 radical (unpaired) electrons. The van der Waals surface area contributed by atoms with Gasteiger partial charge in [0.2, 0.25) is 0 Å². The molecule has 0 heterocycles. The summed E-state index contributed by atoms with van der Waals surface area (Å²) in [6.45, 7) is 0. The zero-order valence-corrected chi connectivity index (χ0v) is 13.1. The van der Waals surface area contributed by atoms with Crippen LogP contribution in [-0.2, 0) is 11.9 Å². The van der Waals surface area contributed by atoms with Gasteiger partial charge < -0.3 is 5.73 Å². The third kappa shape index (κ3) is 5.69. The van der Waals surface area contributed by atoms with Gasteiger partial charge in [-0.15, -0.1) is 5.10 Å². The van der Waals surface area contributed by atoms with E-state index in [1.54, 1.807) is 0 Å². The van der Waals surface area contributed by atoms with Gasteiger partial charge in [0.25, 0.3) is 0 Å². The lowest BCUT2D eigenvalue weighted by atomic mass is 10.1. The van der Waals surface area contributed by atoms with Crippen LogP contribution in [0.1, 0.15) is 16.7 Å². The second-order valence-electron chi connectivity index (χ2n) is 4.73. The number of nitrogens with two attached hydrogens (primary N) is 1. The van der Waals surface area contributed by atoms with E-state index in [9.17, 15) is 17.6 Å². The Morgan fingerprint density at radius 2 is 1.83 bits per heavy atom. The number of alkyl halides is 3. The van der Waals surface area contributed by atoms with Crippen molar-refractivity contribution in [2.75, 3.05) is 0 Å². The fourth-order valence-electron chi connectivity index (χ4n) is 1.76. The Balaban J connectivity index is 2.01. The lowest BCUT2D eigenvalue weighted by Crippen LogP contribution is -2.07. The Kier molecular flexibility index (Phi) is 5.97. The number of nitrogens with zero attached hydrogens (tertiary/aromatic N) is 2. The smallest absolute Gasteiger partial charge is 0.377 e. The second kappa shape index (κ2) is 7.96. The highest BCUT2D eigenvalue weighted by molar-refractivity contribution is 8.13. The minimum atomic E-state index is -4.63. The molecule has 0 saturated heterocycles. The maximum atomic E-state index is 13.2. The Labute approximate surface area is 140 Å². The van der Waals surface area contributed by atoms with Gasteiger partial charge in [-0.3, -0.25) is 0 Å². The molecule has 8 heteroatoms. The minimum Gasteiger partial charge on any atom is -0.377 e. The van der Waals surface area contributed by atoms with Crippen LogP contribution in [0.2, 0.25) is 0 Å². The number of thioether (sulfide) groups is 1. The zero-order chi connectivity index (χ0) is 17.6. The summed E-state index contributed by atoms with van der Waals surface area (Å²) in [7, 11) is 0. The first-order valence-corrected chi connectivity index (χ1v) is 7.74. The van der Waals surface area contributed by atoms with Crippen molar-refractivity contribution in [2.24, 2.45) is 15.9 Å². The summed E-state index contributed by atoms with van der Waals surface area (Å²) in [5, 5.41) is 7.44. The maximum Gasteiger partial charge on any atom is 0.416 e. The van der Waals surface area contributed by atoms with E-state index >= 15 is 0 Å². The van der Waals surface area contributed by atoms with Crippen LogP contribution in [0.15, 0.2) is 58.7 Å². The Bertz CT molecular complexity index is 743. The maximum absolute atomic E-state index is 13.2. The number of hydrogen-bond donors (Lipinski definition) is 1. The SMILES string of the molecule is NC(=NN=Cc1cc(F)cc(C(F)(F)F)c1)SCc1ccccc1. The van der Waals surface area contributed by atoms with E-state index in [1.165, 1.54) is 11.8 Å². The van der Waals surface area contributed by atoms with E-state index in [0.717, 1.165) is 23.9 Å². The summed E-state index contributed by atoms with van der Waals surface area (Å²) in [6.07, 6.45) is -3.60. The normalized spacial score (nSPS) is 12.8. The highest BCUT2D eigenvalue weighted by atomic mass is 32.2. The van der Waals surface area contributed by atoms with Gasteiger partial charge in [-0.2, -0.15) is 18.3 Å². The van der Waals surface area contributed by atoms with E-state index in [4.69, 9.17) is 5.73 Å². The molecule has 0 atom stereocenters. The van der Waals surface area contributed by atoms with Crippen LogP contribution in [0.4, 0.5) is 17.6 Å². The number of halogens is 4. The molecule has 2 aromatic carbocycles. The molecular formula is C16H13F4N3S. The standard InChI is InChI=1S/C16H13F4N3S/c17-14-7-12(6-13(8-14)16(18,19)20)9-22-23-15(21)24-10-11-4-2-1-3-5-11/h1-9H,10H2,(H2,21,23). The molecule has 0 spiro atoms. The van der Waals surface area contributed by atoms with E-state index < -0.39 is 17.6 Å². The molecule has 0 aliphatic carbocycles. The number of benzene rings is 2. The second-order valence-corrected chi connectivity index (χ2v) is 5.72. The van der Waals surface area contributed by atoms with Crippen LogP contribution in [-0.4, -0.2) is 11.4 Å². The van der Waals surface area contributed by atoms with Gasteiger partial charge in [0.15, 0.2) is 5.17 Å². The highest BCUT2D eigenvalue weighted by Gasteiger charge is 2.31. The number of rotatable bonds is 4. The zero-order valence-electron chi connectivity index (χ0n) is 12.3. The molecule has 126 valence electrons. The van der Waals surface area contributed by atoms with E-state index in [2.05, 4.69) is 10.2 Å². The fraction of sp³-hybridized carbons (Fsp3) is 0.125. The van der Waals surface area contributed by atoms with Crippen LogP contribution in [0.3, 0.4) is 0 Å². The molecule has 2 N–H and O–H groups in total. The molecule has 24 heavy (non-hydrogen) atoms. The van der Waals surface area contributed by atoms with Crippen molar-refractivity contribution in [2.45, 2.75) is 11.9 Å². The van der Waals surface area contributed by atoms with Gasteiger partial charge in [-0.05, 0) is 29.3 Å². The summed E-state index contributed by atoms with van der Waals surface area (Å²) < 4.78 is 51.0. The molecule has 2 rings (SSSR count). The molecule has 0 unspecified atom stereocenters. The Morgan fingerprint density at radius 1 is 1.12 bits per heavy atom. The van der Waals surface area contributed by atoms with Crippen LogP contribution in [0.25, 0.3) is 0 Å². The number of amidine groups is 1. The van der Waals surface area contributed by atoms with Crippen LogP contribution in [0, 0.1) is 5.82 Å². The van der Waals surface area contributed by atoms with Crippen molar-refractivity contribution in [1.82, 2.24) is 0 Å². The molecule has 2 aromatic rings. The van der Waals surface area contributed by atoms with Gasteiger partial charge in [-0.25, -0.2) is 4.39 Å². The predicted octanol–water partition coefficient (Wildman–Crippen LogP) is 4.43. The van der Waals surface area contributed by atoms with Crippen LogP contribution in [0.5, 0.6) is 0 Å². The lowest BCUT2D eigenvalue weighted by Gasteiger charge is -2.07. The Hall–Kier alpha value is -2.35. The molecule has 0 aromatic heterocycles. The average molecular weight is 355 g/mol. The van der Waals surface area contributed by atoms with Crippen molar-refractivity contribution in [3.05, 3.63) is 71.0 Å². The Morgan fingerprint density at radius 3 is 2.50 bits per heavy atom. The van der Waals surface area contributed by atoms with Gasteiger partial charge in [0.05, 0.1) is 11.8 Å². The van der Waals surface area contributed by atoms with Gasteiger partial charge >= 0.3 is 6.18 Å². The summed E-state index contributed by atoms with van der Waals surface area (Å²) in [6, 6.07) is 11.7. The van der Waals surface area contributed by atoms with Crippen molar-refractivity contribution < 1.29 is 17.6 Å². The highest BCUT2D eigenvalue weighted by Crippen LogP contribution is 2.30. The first kappa shape index (κ1) is 18.0. The summed E-state index contributed by atoms with van der Waals surface area (Å²) >= 11 is 1.24.